The van der Waals surface area contributed by atoms with E-state index in [9.17, 15) is 0 Å². The van der Waals surface area contributed by atoms with Crippen LogP contribution in [0.4, 0.5) is 5.69 Å². The molecule has 0 spiro atoms. The number of anilines is 1. The molecule has 1 saturated heterocycles. The van der Waals surface area contributed by atoms with E-state index in [0.29, 0.717) is 0 Å². The molecule has 1 atom stereocenters. The monoisotopic (exact) mass is 284 g/mol. The Labute approximate surface area is 127 Å². The summed E-state index contributed by atoms with van der Waals surface area (Å²) in [5.41, 5.74) is 2.67. The Balaban J connectivity index is 1.54. The minimum Gasteiger partial charge on any atom is -0.468 e. The molecule has 0 saturated carbocycles. The minimum atomic E-state index is 0.238. The fourth-order valence-electron chi connectivity index (χ4n) is 2.89. The lowest BCUT2D eigenvalue weighted by Gasteiger charge is -2.28. The molecule has 1 aromatic carbocycles. The van der Waals surface area contributed by atoms with Crippen molar-refractivity contribution in [2.45, 2.75) is 38.8 Å². The van der Waals surface area contributed by atoms with Gasteiger partial charge in [-0.2, -0.15) is 0 Å². The Morgan fingerprint density at radius 3 is 2.52 bits per heavy atom. The molecule has 2 heterocycles. The lowest BCUT2D eigenvalue weighted by atomic mass is 10.1. The second-order valence-electron chi connectivity index (χ2n) is 5.83. The van der Waals surface area contributed by atoms with Gasteiger partial charge in [0.15, 0.2) is 0 Å². The third-order valence-electron chi connectivity index (χ3n) is 4.24. The predicted molar refractivity (Wildman–Crippen MR) is 86.5 cm³/mol. The Bertz CT molecular complexity index is 527. The zero-order chi connectivity index (χ0) is 14.5. The molecule has 0 unspecified atom stereocenters. The van der Waals surface area contributed by atoms with Crippen molar-refractivity contribution in [3.8, 4) is 0 Å². The van der Waals surface area contributed by atoms with E-state index in [1.54, 1.807) is 6.26 Å². The van der Waals surface area contributed by atoms with Crippen LogP contribution in [-0.2, 0) is 6.54 Å². The smallest absolute Gasteiger partial charge is 0.120 e. The van der Waals surface area contributed by atoms with Gasteiger partial charge in [-0.05, 0) is 56.0 Å². The summed E-state index contributed by atoms with van der Waals surface area (Å²) in [5.74, 6) is 0.986. The molecule has 3 rings (SSSR count). The van der Waals surface area contributed by atoms with Gasteiger partial charge in [-0.3, -0.25) is 0 Å². The number of benzene rings is 1. The Kier molecular flexibility index (Phi) is 4.61. The first kappa shape index (κ1) is 14.2. The van der Waals surface area contributed by atoms with Crippen molar-refractivity contribution in [3.05, 3.63) is 54.0 Å². The van der Waals surface area contributed by atoms with Gasteiger partial charge in [0.05, 0.1) is 12.3 Å². The summed E-state index contributed by atoms with van der Waals surface area (Å²) in [7, 11) is 0. The predicted octanol–water partition coefficient (Wildman–Crippen LogP) is 4.12. The van der Waals surface area contributed by atoms with Gasteiger partial charge in [0.2, 0.25) is 0 Å². The van der Waals surface area contributed by atoms with Crippen LogP contribution in [0.3, 0.4) is 0 Å². The van der Waals surface area contributed by atoms with Gasteiger partial charge in [0.1, 0.15) is 5.76 Å². The summed E-state index contributed by atoms with van der Waals surface area (Å²) < 4.78 is 5.41. The van der Waals surface area contributed by atoms with Gasteiger partial charge in [-0.15, -0.1) is 0 Å². The minimum absolute atomic E-state index is 0.238. The van der Waals surface area contributed by atoms with Crippen LogP contribution in [0.2, 0.25) is 0 Å². The number of furan rings is 1. The van der Waals surface area contributed by atoms with Crippen molar-refractivity contribution in [2.24, 2.45) is 0 Å². The van der Waals surface area contributed by atoms with E-state index in [-0.39, 0.29) is 6.04 Å². The van der Waals surface area contributed by atoms with Crippen molar-refractivity contribution in [1.82, 2.24) is 5.32 Å². The number of piperidine rings is 1. The first-order chi connectivity index (χ1) is 10.3. The van der Waals surface area contributed by atoms with Gasteiger partial charge in [0.25, 0.3) is 0 Å². The molecule has 1 aliphatic heterocycles. The molecular weight excluding hydrogens is 260 g/mol. The Hall–Kier alpha value is -1.74. The molecule has 1 aliphatic rings. The molecule has 1 fully saturated rings. The van der Waals surface area contributed by atoms with Crippen molar-refractivity contribution in [3.63, 3.8) is 0 Å². The number of nitrogens with zero attached hydrogens (tertiary/aromatic N) is 1. The van der Waals surface area contributed by atoms with E-state index in [0.717, 1.165) is 12.3 Å². The molecule has 3 nitrogen and oxygen atoms in total. The number of nitrogens with one attached hydrogen (secondary N) is 1. The van der Waals surface area contributed by atoms with Crippen LogP contribution in [0, 0.1) is 0 Å². The fourth-order valence-corrected chi connectivity index (χ4v) is 2.89. The quantitative estimate of drug-likeness (QED) is 0.895. The average Bonchev–Trinajstić information content (AvgIpc) is 3.08. The lowest BCUT2D eigenvalue weighted by Crippen LogP contribution is -2.29. The molecule has 3 heteroatoms. The van der Waals surface area contributed by atoms with Crippen LogP contribution in [-0.4, -0.2) is 13.1 Å². The molecule has 1 aromatic heterocycles. The molecule has 0 aliphatic carbocycles. The molecule has 2 aromatic rings. The molecular formula is C18H24N2O. The zero-order valence-electron chi connectivity index (χ0n) is 12.7. The number of rotatable bonds is 5. The third-order valence-corrected chi connectivity index (χ3v) is 4.24. The third kappa shape index (κ3) is 3.67. The van der Waals surface area contributed by atoms with Gasteiger partial charge >= 0.3 is 0 Å². The van der Waals surface area contributed by atoms with Crippen molar-refractivity contribution in [1.29, 1.82) is 0 Å². The van der Waals surface area contributed by atoms with Crippen LogP contribution in [0.5, 0.6) is 0 Å². The molecule has 1 N–H and O–H groups in total. The van der Waals surface area contributed by atoms with Crippen LogP contribution < -0.4 is 10.2 Å². The zero-order valence-corrected chi connectivity index (χ0v) is 12.7. The maximum atomic E-state index is 5.41. The van der Waals surface area contributed by atoms with Gasteiger partial charge in [0, 0.05) is 25.3 Å². The number of hydrogen-bond acceptors (Lipinski definition) is 3. The Morgan fingerprint density at radius 1 is 1.10 bits per heavy atom. The summed E-state index contributed by atoms with van der Waals surface area (Å²) in [5, 5.41) is 3.49. The van der Waals surface area contributed by atoms with Crippen molar-refractivity contribution >= 4 is 5.69 Å². The van der Waals surface area contributed by atoms with Crippen molar-refractivity contribution < 1.29 is 4.42 Å². The molecule has 0 amide bonds. The Morgan fingerprint density at radius 2 is 1.86 bits per heavy atom. The van der Waals surface area contributed by atoms with Crippen molar-refractivity contribution in [2.75, 3.05) is 18.0 Å². The van der Waals surface area contributed by atoms with Crippen LogP contribution in [0.15, 0.2) is 47.1 Å². The largest absolute Gasteiger partial charge is 0.468 e. The van der Waals surface area contributed by atoms with E-state index in [1.807, 2.05) is 12.1 Å². The second kappa shape index (κ2) is 6.81. The standard InChI is InChI=1S/C18H24N2O/c1-15(18-6-5-13-21-18)19-14-16-7-9-17(10-8-16)20-11-3-2-4-12-20/h5-10,13,15,19H,2-4,11-12,14H2,1H3/t15-/m1/s1. The van der Waals surface area contributed by atoms with Crippen LogP contribution in [0.25, 0.3) is 0 Å². The van der Waals surface area contributed by atoms with E-state index in [4.69, 9.17) is 4.42 Å². The highest BCUT2D eigenvalue weighted by atomic mass is 16.3. The summed E-state index contributed by atoms with van der Waals surface area (Å²) in [4.78, 5) is 2.49. The first-order valence-electron chi connectivity index (χ1n) is 7.93. The van der Waals surface area contributed by atoms with Gasteiger partial charge in [-0.1, -0.05) is 12.1 Å². The fraction of sp³-hybridized carbons (Fsp3) is 0.444. The SMILES string of the molecule is C[C@@H](NCc1ccc(N2CCCCC2)cc1)c1ccco1. The highest BCUT2D eigenvalue weighted by Crippen LogP contribution is 2.20. The van der Waals surface area contributed by atoms with E-state index in [2.05, 4.69) is 41.4 Å². The number of hydrogen-bond donors (Lipinski definition) is 1. The lowest BCUT2D eigenvalue weighted by molar-refractivity contribution is 0.430. The molecule has 0 bridgehead atoms. The summed E-state index contributed by atoms with van der Waals surface area (Å²) in [6.07, 6.45) is 5.75. The normalized spacial score (nSPS) is 16.9. The molecule has 0 radical (unpaired) electrons. The van der Waals surface area contributed by atoms with Gasteiger partial charge in [-0.25, -0.2) is 0 Å². The average molecular weight is 284 g/mol. The van der Waals surface area contributed by atoms with Crippen LogP contribution in [0.1, 0.15) is 43.6 Å². The summed E-state index contributed by atoms with van der Waals surface area (Å²) in [6.45, 7) is 5.39. The van der Waals surface area contributed by atoms with Gasteiger partial charge < -0.3 is 14.6 Å². The topological polar surface area (TPSA) is 28.4 Å². The highest BCUT2D eigenvalue weighted by Gasteiger charge is 2.11. The van der Waals surface area contributed by atoms with Crippen LogP contribution >= 0.6 is 0 Å². The van der Waals surface area contributed by atoms with E-state index < -0.39 is 0 Å². The summed E-state index contributed by atoms with van der Waals surface area (Å²) >= 11 is 0. The second-order valence-corrected chi connectivity index (χ2v) is 5.83. The highest BCUT2D eigenvalue weighted by molar-refractivity contribution is 5.47. The first-order valence-corrected chi connectivity index (χ1v) is 7.93. The van der Waals surface area contributed by atoms with E-state index in [1.165, 1.54) is 43.6 Å². The maximum Gasteiger partial charge on any atom is 0.120 e. The van der Waals surface area contributed by atoms with E-state index >= 15 is 0 Å². The molecule has 112 valence electrons. The maximum absolute atomic E-state index is 5.41. The molecule has 21 heavy (non-hydrogen) atoms. The summed E-state index contributed by atoms with van der Waals surface area (Å²) in [6, 6.07) is 13.1.